The van der Waals surface area contributed by atoms with Gasteiger partial charge in [-0.1, -0.05) is 0 Å². The Morgan fingerprint density at radius 1 is 1.80 bits per heavy atom. The molecular formula is C5H5ClN2O2. The molecule has 1 N–H and O–H groups in total. The van der Waals surface area contributed by atoms with E-state index in [0.717, 1.165) is 0 Å². The molecule has 0 spiro atoms. The fraction of sp³-hybridized carbons (Fsp3) is 0.200. The van der Waals surface area contributed by atoms with Gasteiger partial charge in [0.25, 0.3) is 5.56 Å². The molecule has 4 nitrogen and oxygen atoms in total. The Hall–Kier alpha value is -1.03. The molecule has 0 bridgehead atoms. The van der Waals surface area contributed by atoms with Crippen LogP contribution >= 0.6 is 11.6 Å². The molecule has 1 aromatic rings. The molecule has 0 amide bonds. The quantitative estimate of drug-likeness (QED) is 0.607. The molecule has 0 aromatic carbocycles. The maximum absolute atomic E-state index is 10.6. The van der Waals surface area contributed by atoms with E-state index in [2.05, 4.69) is 14.7 Å². The van der Waals surface area contributed by atoms with Crippen LogP contribution in [0.3, 0.4) is 0 Å². The minimum atomic E-state index is -0.322. The van der Waals surface area contributed by atoms with Crippen LogP contribution in [0.5, 0.6) is 5.88 Å². The van der Waals surface area contributed by atoms with Gasteiger partial charge in [-0.15, -0.1) is 0 Å². The van der Waals surface area contributed by atoms with Crippen LogP contribution < -0.4 is 10.3 Å². The Kier molecular flexibility index (Phi) is 1.91. The fourth-order valence-corrected chi connectivity index (χ4v) is 0.688. The summed E-state index contributed by atoms with van der Waals surface area (Å²) in [5.74, 6) is 0.216. The minimum absolute atomic E-state index is 0.0318. The lowest BCUT2D eigenvalue weighted by molar-refractivity contribution is 0.396. The number of rotatable bonds is 1. The Bertz CT molecular complexity index is 283. The van der Waals surface area contributed by atoms with Crippen molar-refractivity contribution in [2.75, 3.05) is 7.11 Å². The highest BCUT2D eigenvalue weighted by Crippen LogP contribution is 2.03. The lowest BCUT2D eigenvalue weighted by atomic mass is 10.6. The highest BCUT2D eigenvalue weighted by atomic mass is 35.5. The molecule has 0 unspecified atom stereocenters. The molecular weight excluding hydrogens is 156 g/mol. The van der Waals surface area contributed by atoms with E-state index in [1.807, 2.05) is 0 Å². The maximum Gasteiger partial charge on any atom is 0.255 e. The van der Waals surface area contributed by atoms with Crippen molar-refractivity contribution in [3.8, 4) is 5.88 Å². The molecule has 0 aliphatic carbocycles. The van der Waals surface area contributed by atoms with Crippen LogP contribution in [0, 0.1) is 0 Å². The normalized spacial score (nSPS) is 9.40. The molecule has 0 aliphatic rings. The molecule has 0 saturated heterocycles. The van der Waals surface area contributed by atoms with Gasteiger partial charge in [-0.05, 0) is 11.6 Å². The molecule has 0 aliphatic heterocycles. The van der Waals surface area contributed by atoms with E-state index in [0.29, 0.717) is 0 Å². The van der Waals surface area contributed by atoms with Crippen LogP contribution in [0.1, 0.15) is 0 Å². The lowest BCUT2D eigenvalue weighted by Gasteiger charge is -1.95. The second-order valence-corrected chi connectivity index (χ2v) is 1.94. The number of nitrogens with zero attached hydrogens (tertiary/aromatic N) is 1. The summed E-state index contributed by atoms with van der Waals surface area (Å²) < 4.78 is 4.66. The van der Waals surface area contributed by atoms with Crippen molar-refractivity contribution < 1.29 is 4.74 Å². The first-order valence-electron chi connectivity index (χ1n) is 2.53. The minimum Gasteiger partial charge on any atom is -0.481 e. The predicted molar refractivity (Wildman–Crippen MR) is 36.4 cm³/mol. The van der Waals surface area contributed by atoms with Gasteiger partial charge < -0.3 is 4.74 Å². The second kappa shape index (κ2) is 2.70. The van der Waals surface area contributed by atoms with Crippen molar-refractivity contribution in [2.45, 2.75) is 0 Å². The predicted octanol–water partition coefficient (Wildman–Crippen LogP) is 0.432. The molecule has 1 heterocycles. The largest absolute Gasteiger partial charge is 0.481 e. The first-order valence-corrected chi connectivity index (χ1v) is 2.91. The van der Waals surface area contributed by atoms with Crippen LogP contribution in [0.25, 0.3) is 0 Å². The SMILES string of the molecule is COc1cc(=O)[nH]c(Cl)n1. The van der Waals surface area contributed by atoms with Crippen molar-refractivity contribution in [3.63, 3.8) is 0 Å². The number of halogens is 1. The average molecular weight is 161 g/mol. The van der Waals surface area contributed by atoms with Gasteiger partial charge in [0.05, 0.1) is 13.2 Å². The van der Waals surface area contributed by atoms with Crippen molar-refractivity contribution >= 4 is 11.6 Å². The molecule has 54 valence electrons. The standard InChI is InChI=1S/C5H5ClN2O2/c1-10-4-2-3(9)7-5(6)8-4/h2H,1H3,(H,7,8,9). The number of methoxy groups -OCH3 is 1. The third-order valence-corrected chi connectivity index (χ3v) is 1.08. The summed E-state index contributed by atoms with van der Waals surface area (Å²) in [6, 6.07) is 1.21. The number of H-pyrrole nitrogens is 1. The van der Waals surface area contributed by atoms with E-state index in [-0.39, 0.29) is 16.7 Å². The van der Waals surface area contributed by atoms with E-state index < -0.39 is 0 Å². The summed E-state index contributed by atoms with van der Waals surface area (Å²) in [5.41, 5.74) is -0.322. The molecule has 1 rings (SSSR count). The van der Waals surface area contributed by atoms with Crippen LogP contribution in [-0.2, 0) is 0 Å². The second-order valence-electron chi connectivity index (χ2n) is 1.58. The lowest BCUT2D eigenvalue weighted by Crippen LogP contribution is -2.06. The number of ether oxygens (including phenoxy) is 1. The van der Waals surface area contributed by atoms with Crippen molar-refractivity contribution in [3.05, 3.63) is 21.7 Å². The van der Waals surface area contributed by atoms with Crippen LogP contribution in [-0.4, -0.2) is 17.1 Å². The number of hydrogen-bond acceptors (Lipinski definition) is 3. The monoisotopic (exact) mass is 160 g/mol. The molecule has 5 heteroatoms. The zero-order valence-corrected chi connectivity index (χ0v) is 5.97. The van der Waals surface area contributed by atoms with Gasteiger partial charge in [-0.2, -0.15) is 4.98 Å². The van der Waals surface area contributed by atoms with Gasteiger partial charge in [0.2, 0.25) is 11.2 Å². The molecule has 0 radical (unpaired) electrons. The number of aromatic amines is 1. The summed E-state index contributed by atoms with van der Waals surface area (Å²) in [6.45, 7) is 0. The van der Waals surface area contributed by atoms with Crippen molar-refractivity contribution in [1.82, 2.24) is 9.97 Å². The Labute approximate surface area is 61.8 Å². The first-order chi connectivity index (χ1) is 4.72. The third kappa shape index (κ3) is 1.48. The van der Waals surface area contributed by atoms with Crippen LogP contribution in [0.2, 0.25) is 5.28 Å². The zero-order valence-electron chi connectivity index (χ0n) is 5.22. The molecule has 1 aromatic heterocycles. The van der Waals surface area contributed by atoms with E-state index in [9.17, 15) is 4.79 Å². The van der Waals surface area contributed by atoms with Gasteiger partial charge in [0.15, 0.2) is 0 Å². The van der Waals surface area contributed by atoms with E-state index in [1.54, 1.807) is 0 Å². The van der Waals surface area contributed by atoms with Gasteiger partial charge in [0, 0.05) is 0 Å². The van der Waals surface area contributed by atoms with Crippen LogP contribution in [0.15, 0.2) is 10.9 Å². The van der Waals surface area contributed by atoms with Gasteiger partial charge >= 0.3 is 0 Å². The third-order valence-electron chi connectivity index (χ3n) is 0.898. The average Bonchev–Trinajstić information content (AvgIpc) is 1.85. The molecule has 0 atom stereocenters. The highest BCUT2D eigenvalue weighted by Gasteiger charge is 1.95. The van der Waals surface area contributed by atoms with Crippen LogP contribution in [0.4, 0.5) is 0 Å². The summed E-state index contributed by atoms with van der Waals surface area (Å²) >= 11 is 5.38. The summed E-state index contributed by atoms with van der Waals surface area (Å²) in [7, 11) is 1.41. The number of aromatic nitrogens is 2. The number of nitrogens with one attached hydrogen (secondary N) is 1. The van der Waals surface area contributed by atoms with E-state index >= 15 is 0 Å². The van der Waals surface area contributed by atoms with E-state index in [4.69, 9.17) is 11.6 Å². The van der Waals surface area contributed by atoms with Crippen molar-refractivity contribution in [2.24, 2.45) is 0 Å². The van der Waals surface area contributed by atoms with E-state index in [1.165, 1.54) is 13.2 Å². The molecule has 10 heavy (non-hydrogen) atoms. The number of hydrogen-bond donors (Lipinski definition) is 1. The first kappa shape index (κ1) is 7.08. The van der Waals surface area contributed by atoms with Gasteiger partial charge in [-0.25, -0.2) is 0 Å². The van der Waals surface area contributed by atoms with Gasteiger partial charge in [-0.3, -0.25) is 9.78 Å². The summed E-state index contributed by atoms with van der Waals surface area (Å²) in [4.78, 5) is 16.5. The molecule has 0 fully saturated rings. The highest BCUT2D eigenvalue weighted by molar-refractivity contribution is 6.28. The maximum atomic E-state index is 10.6. The van der Waals surface area contributed by atoms with Crippen molar-refractivity contribution in [1.29, 1.82) is 0 Å². The summed E-state index contributed by atoms with van der Waals surface area (Å²) in [5, 5.41) is 0.0318. The topological polar surface area (TPSA) is 55.0 Å². The molecule has 0 saturated carbocycles. The zero-order chi connectivity index (χ0) is 7.56. The Morgan fingerprint density at radius 3 is 3.00 bits per heavy atom. The smallest absolute Gasteiger partial charge is 0.255 e. The Balaban J connectivity index is 3.19. The summed E-state index contributed by atoms with van der Waals surface area (Å²) in [6.07, 6.45) is 0. The Morgan fingerprint density at radius 2 is 2.50 bits per heavy atom. The fourth-order valence-electron chi connectivity index (χ4n) is 0.511. The van der Waals surface area contributed by atoms with Gasteiger partial charge in [0.1, 0.15) is 0 Å².